The van der Waals surface area contributed by atoms with Crippen LogP contribution >= 0.6 is 0 Å². The Morgan fingerprint density at radius 1 is 1.15 bits per heavy atom. The molecular formula is C16H11N3O. The highest BCUT2D eigenvalue weighted by atomic mass is 16.1. The van der Waals surface area contributed by atoms with Gasteiger partial charge in [0, 0.05) is 11.1 Å². The van der Waals surface area contributed by atoms with Crippen LogP contribution in [0.25, 0.3) is 11.0 Å². The maximum Gasteiger partial charge on any atom is 0.193 e. The zero-order valence-electron chi connectivity index (χ0n) is 10.6. The van der Waals surface area contributed by atoms with Gasteiger partial charge in [0.15, 0.2) is 5.78 Å². The van der Waals surface area contributed by atoms with E-state index in [0.717, 1.165) is 11.0 Å². The van der Waals surface area contributed by atoms with Gasteiger partial charge in [-0.05, 0) is 18.2 Å². The molecule has 20 heavy (non-hydrogen) atoms. The SMILES string of the molecule is N#CCc1nc2ccc(C(=O)c3ccccc3)cc2[nH]1. The van der Waals surface area contributed by atoms with E-state index in [2.05, 4.69) is 9.97 Å². The number of fused-ring (bicyclic) bond motifs is 1. The lowest BCUT2D eigenvalue weighted by Crippen LogP contribution is -2.00. The summed E-state index contributed by atoms with van der Waals surface area (Å²) in [6.45, 7) is 0. The van der Waals surface area contributed by atoms with Crippen molar-refractivity contribution in [1.82, 2.24) is 9.97 Å². The van der Waals surface area contributed by atoms with Crippen molar-refractivity contribution in [3.05, 3.63) is 65.5 Å². The number of hydrogen-bond acceptors (Lipinski definition) is 3. The number of rotatable bonds is 3. The van der Waals surface area contributed by atoms with Gasteiger partial charge in [0.2, 0.25) is 0 Å². The summed E-state index contributed by atoms with van der Waals surface area (Å²) in [7, 11) is 0. The van der Waals surface area contributed by atoms with E-state index < -0.39 is 0 Å². The Morgan fingerprint density at radius 3 is 2.70 bits per heavy atom. The first-order chi connectivity index (χ1) is 9.78. The van der Waals surface area contributed by atoms with Crippen LogP contribution < -0.4 is 0 Å². The zero-order valence-corrected chi connectivity index (χ0v) is 10.6. The maximum absolute atomic E-state index is 12.3. The molecule has 0 aliphatic carbocycles. The summed E-state index contributed by atoms with van der Waals surface area (Å²) in [4.78, 5) is 19.7. The second kappa shape index (κ2) is 4.98. The van der Waals surface area contributed by atoms with Gasteiger partial charge in [0.1, 0.15) is 5.82 Å². The Balaban J connectivity index is 2.01. The zero-order chi connectivity index (χ0) is 13.9. The number of carbonyl (C=O) groups excluding carboxylic acids is 1. The van der Waals surface area contributed by atoms with Crippen molar-refractivity contribution in [2.24, 2.45) is 0 Å². The number of aromatic amines is 1. The van der Waals surface area contributed by atoms with Crippen LogP contribution in [-0.2, 0) is 6.42 Å². The van der Waals surface area contributed by atoms with Crippen LogP contribution in [0.2, 0.25) is 0 Å². The van der Waals surface area contributed by atoms with Gasteiger partial charge >= 0.3 is 0 Å². The molecule has 0 aliphatic heterocycles. The largest absolute Gasteiger partial charge is 0.341 e. The minimum Gasteiger partial charge on any atom is -0.341 e. The summed E-state index contributed by atoms with van der Waals surface area (Å²) in [6.07, 6.45) is 0.233. The monoisotopic (exact) mass is 261 g/mol. The van der Waals surface area contributed by atoms with Crippen molar-refractivity contribution in [2.45, 2.75) is 6.42 Å². The van der Waals surface area contributed by atoms with Crippen molar-refractivity contribution in [1.29, 1.82) is 5.26 Å². The van der Waals surface area contributed by atoms with Gasteiger partial charge in [-0.25, -0.2) is 4.98 Å². The fourth-order valence-electron chi connectivity index (χ4n) is 2.12. The third kappa shape index (κ3) is 2.17. The molecule has 0 saturated carbocycles. The molecule has 0 fully saturated rings. The molecule has 0 unspecified atom stereocenters. The van der Waals surface area contributed by atoms with Crippen LogP contribution in [0.1, 0.15) is 21.7 Å². The van der Waals surface area contributed by atoms with Crippen molar-refractivity contribution in [2.75, 3.05) is 0 Å². The Hall–Kier alpha value is -2.93. The molecule has 0 saturated heterocycles. The molecule has 0 atom stereocenters. The quantitative estimate of drug-likeness (QED) is 0.737. The summed E-state index contributed by atoms with van der Waals surface area (Å²) < 4.78 is 0. The lowest BCUT2D eigenvalue weighted by atomic mass is 10.0. The first-order valence-corrected chi connectivity index (χ1v) is 6.23. The summed E-state index contributed by atoms with van der Waals surface area (Å²) >= 11 is 0. The minimum atomic E-state index is -0.0241. The van der Waals surface area contributed by atoms with Gasteiger partial charge in [-0.3, -0.25) is 4.79 Å². The van der Waals surface area contributed by atoms with E-state index in [-0.39, 0.29) is 12.2 Å². The Labute approximate surface area is 115 Å². The molecule has 3 rings (SSSR count). The second-order valence-electron chi connectivity index (χ2n) is 4.45. The number of nitriles is 1. The topological polar surface area (TPSA) is 69.5 Å². The molecule has 0 spiro atoms. The van der Waals surface area contributed by atoms with Crippen LogP contribution in [-0.4, -0.2) is 15.8 Å². The van der Waals surface area contributed by atoms with Crippen LogP contribution in [0.5, 0.6) is 0 Å². The molecule has 0 radical (unpaired) electrons. The second-order valence-corrected chi connectivity index (χ2v) is 4.45. The van der Waals surface area contributed by atoms with E-state index >= 15 is 0 Å². The fraction of sp³-hybridized carbons (Fsp3) is 0.0625. The van der Waals surface area contributed by atoms with Gasteiger partial charge < -0.3 is 4.98 Å². The number of ketones is 1. The third-order valence-electron chi connectivity index (χ3n) is 3.08. The van der Waals surface area contributed by atoms with Crippen molar-refractivity contribution < 1.29 is 4.79 Å². The maximum atomic E-state index is 12.3. The van der Waals surface area contributed by atoms with E-state index in [1.54, 1.807) is 30.3 Å². The molecule has 4 heteroatoms. The van der Waals surface area contributed by atoms with Gasteiger partial charge in [0.25, 0.3) is 0 Å². The number of nitrogens with zero attached hydrogens (tertiary/aromatic N) is 2. The predicted molar refractivity (Wildman–Crippen MR) is 75.3 cm³/mol. The average molecular weight is 261 g/mol. The van der Waals surface area contributed by atoms with Crippen molar-refractivity contribution in [3.63, 3.8) is 0 Å². The molecule has 3 aromatic rings. The molecule has 1 N–H and O–H groups in total. The molecule has 2 aromatic carbocycles. The molecule has 4 nitrogen and oxygen atoms in total. The summed E-state index contributed by atoms with van der Waals surface area (Å²) in [5.41, 5.74) is 2.80. The van der Waals surface area contributed by atoms with Crippen LogP contribution in [0.3, 0.4) is 0 Å². The van der Waals surface area contributed by atoms with E-state index in [1.807, 2.05) is 24.3 Å². The minimum absolute atomic E-state index is 0.0241. The smallest absolute Gasteiger partial charge is 0.193 e. The van der Waals surface area contributed by atoms with Crippen molar-refractivity contribution >= 4 is 16.8 Å². The summed E-state index contributed by atoms with van der Waals surface area (Å²) in [5.74, 6) is 0.593. The summed E-state index contributed by atoms with van der Waals surface area (Å²) in [6, 6.07) is 16.5. The van der Waals surface area contributed by atoms with Crippen LogP contribution in [0.4, 0.5) is 0 Å². The molecular weight excluding hydrogens is 250 g/mol. The number of benzene rings is 2. The number of carbonyl (C=O) groups is 1. The Kier molecular flexibility index (Phi) is 3.02. The molecule has 96 valence electrons. The summed E-state index contributed by atoms with van der Waals surface area (Å²) in [5, 5.41) is 8.67. The highest BCUT2D eigenvalue weighted by Gasteiger charge is 2.10. The number of nitrogens with one attached hydrogen (secondary N) is 1. The lowest BCUT2D eigenvalue weighted by molar-refractivity contribution is 0.103. The lowest BCUT2D eigenvalue weighted by Gasteiger charge is -2.00. The normalized spacial score (nSPS) is 10.3. The number of imidazole rings is 1. The van der Waals surface area contributed by atoms with Crippen LogP contribution in [0, 0.1) is 11.3 Å². The van der Waals surface area contributed by atoms with E-state index in [9.17, 15) is 4.79 Å². The van der Waals surface area contributed by atoms with E-state index in [1.165, 1.54) is 0 Å². The number of hydrogen-bond donors (Lipinski definition) is 1. The van der Waals surface area contributed by atoms with Crippen molar-refractivity contribution in [3.8, 4) is 6.07 Å². The van der Waals surface area contributed by atoms with Crippen LogP contribution in [0.15, 0.2) is 48.5 Å². The number of H-pyrrole nitrogens is 1. The molecule has 0 bridgehead atoms. The molecule has 0 amide bonds. The van der Waals surface area contributed by atoms with Gasteiger partial charge in [-0.2, -0.15) is 5.26 Å². The molecule has 0 aliphatic rings. The van der Waals surface area contributed by atoms with Gasteiger partial charge in [0.05, 0.1) is 23.5 Å². The average Bonchev–Trinajstić information content (AvgIpc) is 2.89. The third-order valence-corrected chi connectivity index (χ3v) is 3.08. The molecule has 1 aromatic heterocycles. The Morgan fingerprint density at radius 2 is 1.95 bits per heavy atom. The fourth-order valence-corrected chi connectivity index (χ4v) is 2.12. The van der Waals surface area contributed by atoms with Gasteiger partial charge in [-0.1, -0.05) is 30.3 Å². The Bertz CT molecular complexity index is 813. The van der Waals surface area contributed by atoms with E-state index in [0.29, 0.717) is 17.0 Å². The predicted octanol–water partition coefficient (Wildman–Crippen LogP) is 2.86. The highest BCUT2D eigenvalue weighted by molar-refractivity contribution is 6.10. The van der Waals surface area contributed by atoms with Gasteiger partial charge in [-0.15, -0.1) is 0 Å². The highest BCUT2D eigenvalue weighted by Crippen LogP contribution is 2.17. The van der Waals surface area contributed by atoms with E-state index in [4.69, 9.17) is 5.26 Å². The number of aromatic nitrogens is 2. The standard InChI is InChI=1S/C16H11N3O/c17-9-8-15-18-13-7-6-12(10-14(13)19-15)16(20)11-4-2-1-3-5-11/h1-7,10H,8H2,(H,18,19). The first-order valence-electron chi connectivity index (χ1n) is 6.23. The first kappa shape index (κ1) is 12.1. The molecule has 1 heterocycles.